The van der Waals surface area contributed by atoms with Gasteiger partial charge in [0.1, 0.15) is 5.75 Å². The molecule has 2 fully saturated rings. The zero-order valence-electron chi connectivity index (χ0n) is 20.8. The molecule has 4 rings (SSSR count). The third-order valence-electron chi connectivity index (χ3n) is 7.00. The third kappa shape index (κ3) is 6.35. The summed E-state index contributed by atoms with van der Waals surface area (Å²) in [6.07, 6.45) is 1.91. The van der Waals surface area contributed by atoms with E-state index < -0.39 is 5.41 Å². The predicted octanol–water partition coefficient (Wildman–Crippen LogP) is 3.92. The van der Waals surface area contributed by atoms with Crippen molar-refractivity contribution in [1.29, 1.82) is 0 Å². The fraction of sp³-hybridized carbons (Fsp3) is 0.577. The lowest BCUT2D eigenvalue weighted by atomic mass is 9.77. The molecule has 9 heteroatoms. The Kier molecular flexibility index (Phi) is 8.02. The van der Waals surface area contributed by atoms with Crippen molar-refractivity contribution in [1.82, 2.24) is 19.9 Å². The molecule has 190 valence electrons. The smallest absolute Gasteiger partial charge is 0.292 e. The lowest BCUT2D eigenvalue weighted by molar-refractivity contribution is -0.137. The van der Waals surface area contributed by atoms with Crippen LogP contribution >= 0.6 is 11.6 Å². The average molecular weight is 503 g/mol. The molecule has 2 aliphatic heterocycles. The number of carbonyl (C=O) groups excluding carboxylic acids is 2. The molecule has 8 nitrogen and oxygen atoms in total. The lowest BCUT2D eigenvalue weighted by Crippen LogP contribution is -2.53. The van der Waals surface area contributed by atoms with E-state index in [2.05, 4.69) is 17.1 Å². The van der Waals surface area contributed by atoms with E-state index in [4.69, 9.17) is 20.9 Å². The molecular formula is C26H35ClN4O4. The zero-order chi connectivity index (χ0) is 25.0. The molecule has 0 aliphatic carbocycles. The fourth-order valence-electron chi connectivity index (χ4n) is 4.79. The Morgan fingerprint density at radius 1 is 1.14 bits per heavy atom. The van der Waals surface area contributed by atoms with Gasteiger partial charge in [-0.3, -0.25) is 9.59 Å². The van der Waals surface area contributed by atoms with Gasteiger partial charge < -0.3 is 24.0 Å². The van der Waals surface area contributed by atoms with Gasteiger partial charge in [0, 0.05) is 62.2 Å². The highest BCUT2D eigenvalue weighted by Crippen LogP contribution is 2.36. The second-order valence-corrected chi connectivity index (χ2v) is 10.6. The number of likely N-dealkylation sites (tertiary alicyclic amines) is 1. The Morgan fingerprint density at radius 3 is 2.60 bits per heavy atom. The summed E-state index contributed by atoms with van der Waals surface area (Å²) in [5.41, 5.74) is 0.253. The van der Waals surface area contributed by atoms with Gasteiger partial charge in [-0.2, -0.15) is 0 Å². The molecule has 1 aromatic heterocycles. The highest BCUT2D eigenvalue weighted by molar-refractivity contribution is 6.30. The van der Waals surface area contributed by atoms with E-state index in [1.54, 1.807) is 23.1 Å². The highest BCUT2D eigenvalue weighted by atomic mass is 35.5. The van der Waals surface area contributed by atoms with Crippen LogP contribution in [0.25, 0.3) is 0 Å². The third-order valence-corrected chi connectivity index (χ3v) is 7.24. The Hall–Kier alpha value is -2.58. The molecular weight excluding hydrogens is 468 g/mol. The number of piperidine rings is 1. The van der Waals surface area contributed by atoms with Crippen molar-refractivity contribution in [2.24, 2.45) is 5.41 Å². The number of ether oxygens (including phenoxy) is 1. The molecule has 2 aliphatic rings. The van der Waals surface area contributed by atoms with Crippen molar-refractivity contribution in [2.75, 3.05) is 52.9 Å². The number of rotatable bonds is 7. The summed E-state index contributed by atoms with van der Waals surface area (Å²) >= 11 is 6.14. The topological polar surface area (TPSA) is 79.1 Å². The summed E-state index contributed by atoms with van der Waals surface area (Å²) in [5.74, 6) is 0.995. The molecule has 0 unspecified atom stereocenters. The van der Waals surface area contributed by atoms with Gasteiger partial charge >= 0.3 is 0 Å². The van der Waals surface area contributed by atoms with E-state index >= 15 is 0 Å². The number of hydrogen-bond donors (Lipinski definition) is 0. The maximum absolute atomic E-state index is 13.4. The van der Waals surface area contributed by atoms with E-state index in [0.29, 0.717) is 36.9 Å². The normalized spacial score (nSPS) is 21.4. The Bertz CT molecular complexity index is 1030. The second kappa shape index (κ2) is 11.0. The van der Waals surface area contributed by atoms with Gasteiger partial charge in [0.05, 0.1) is 12.3 Å². The molecule has 0 bridgehead atoms. The number of carbonyl (C=O) groups is 2. The SMILES string of the molecule is CC(C)c1cc(C(=O)N2CCC[C@@](COc3cccc(Cl)c3)(CC(=O)N3CCN(C)CC3)C2)on1. The maximum Gasteiger partial charge on any atom is 0.292 e. The van der Waals surface area contributed by atoms with Crippen LogP contribution in [-0.2, 0) is 4.79 Å². The summed E-state index contributed by atoms with van der Waals surface area (Å²) in [7, 11) is 2.07. The molecule has 1 atom stereocenters. The molecule has 3 heterocycles. The van der Waals surface area contributed by atoms with Crippen molar-refractivity contribution in [3.05, 3.63) is 46.8 Å². The standard InChI is InChI=1S/C26H35ClN4O4/c1-19(2)22-15-23(35-28-22)25(33)31-9-5-8-26(17-31,18-34-21-7-4-6-20(27)14-21)16-24(32)30-12-10-29(3)11-13-30/h4,6-7,14-15,19H,5,8-13,16-18H2,1-3H3/t26-/m1/s1. The number of nitrogens with zero attached hydrogens (tertiary/aromatic N) is 4. The number of hydrogen-bond acceptors (Lipinski definition) is 6. The quantitative estimate of drug-likeness (QED) is 0.571. The first kappa shape index (κ1) is 25.5. The minimum Gasteiger partial charge on any atom is -0.493 e. The van der Waals surface area contributed by atoms with Crippen LogP contribution in [-0.4, -0.2) is 84.6 Å². The molecule has 2 aromatic rings. The van der Waals surface area contributed by atoms with Crippen LogP contribution in [0.5, 0.6) is 5.75 Å². The number of benzene rings is 1. The van der Waals surface area contributed by atoms with Gasteiger partial charge in [0.25, 0.3) is 5.91 Å². The number of aromatic nitrogens is 1. The zero-order valence-corrected chi connectivity index (χ0v) is 21.6. The first-order valence-corrected chi connectivity index (χ1v) is 12.7. The van der Waals surface area contributed by atoms with Crippen LogP contribution in [0.2, 0.25) is 5.02 Å². The highest BCUT2D eigenvalue weighted by Gasteiger charge is 2.42. The van der Waals surface area contributed by atoms with Crippen LogP contribution in [0.1, 0.15) is 55.3 Å². The number of amides is 2. The fourth-order valence-corrected chi connectivity index (χ4v) is 4.97. The van der Waals surface area contributed by atoms with Crippen molar-refractivity contribution >= 4 is 23.4 Å². The van der Waals surface area contributed by atoms with Gasteiger partial charge in [-0.1, -0.05) is 36.7 Å². The largest absolute Gasteiger partial charge is 0.493 e. The van der Waals surface area contributed by atoms with Gasteiger partial charge in [0.2, 0.25) is 11.7 Å². The molecule has 35 heavy (non-hydrogen) atoms. The molecule has 0 radical (unpaired) electrons. The Morgan fingerprint density at radius 2 is 1.91 bits per heavy atom. The minimum absolute atomic E-state index is 0.115. The lowest BCUT2D eigenvalue weighted by Gasteiger charge is -2.43. The minimum atomic E-state index is -0.502. The van der Waals surface area contributed by atoms with E-state index in [0.717, 1.165) is 44.7 Å². The monoisotopic (exact) mass is 502 g/mol. The van der Waals surface area contributed by atoms with Crippen molar-refractivity contribution in [3.63, 3.8) is 0 Å². The molecule has 0 spiro atoms. The first-order chi connectivity index (χ1) is 16.7. The molecule has 2 saturated heterocycles. The van der Waals surface area contributed by atoms with E-state index in [-0.39, 0.29) is 23.5 Å². The average Bonchev–Trinajstić information content (AvgIpc) is 3.34. The Balaban J connectivity index is 1.52. The summed E-state index contributed by atoms with van der Waals surface area (Å²) in [5, 5.41) is 4.64. The van der Waals surface area contributed by atoms with Crippen molar-refractivity contribution in [3.8, 4) is 5.75 Å². The van der Waals surface area contributed by atoms with E-state index in [1.165, 1.54) is 0 Å². The Labute approximate surface area is 212 Å². The van der Waals surface area contributed by atoms with Gasteiger partial charge in [-0.05, 0) is 44.0 Å². The summed E-state index contributed by atoms with van der Waals surface area (Å²) in [6, 6.07) is 8.99. The number of likely N-dealkylation sites (N-methyl/N-ethyl adjacent to an activating group) is 1. The number of halogens is 1. The summed E-state index contributed by atoms with van der Waals surface area (Å²) in [4.78, 5) is 32.6. The first-order valence-electron chi connectivity index (χ1n) is 12.4. The van der Waals surface area contributed by atoms with Crippen LogP contribution in [0.3, 0.4) is 0 Å². The van der Waals surface area contributed by atoms with E-state index in [1.807, 2.05) is 30.9 Å². The van der Waals surface area contributed by atoms with Crippen LogP contribution in [0, 0.1) is 5.41 Å². The van der Waals surface area contributed by atoms with Crippen LogP contribution in [0.15, 0.2) is 34.9 Å². The van der Waals surface area contributed by atoms with E-state index in [9.17, 15) is 9.59 Å². The predicted molar refractivity (Wildman–Crippen MR) is 134 cm³/mol. The van der Waals surface area contributed by atoms with Gasteiger partial charge in [-0.25, -0.2) is 0 Å². The molecule has 2 amide bonds. The van der Waals surface area contributed by atoms with Crippen LogP contribution in [0.4, 0.5) is 0 Å². The van der Waals surface area contributed by atoms with Gasteiger partial charge in [-0.15, -0.1) is 0 Å². The van der Waals surface area contributed by atoms with Crippen LogP contribution < -0.4 is 4.74 Å². The second-order valence-electron chi connectivity index (χ2n) is 10.2. The van der Waals surface area contributed by atoms with Crippen molar-refractivity contribution < 1.29 is 18.8 Å². The molecule has 0 saturated carbocycles. The summed E-state index contributed by atoms with van der Waals surface area (Å²) < 4.78 is 11.5. The maximum atomic E-state index is 13.4. The van der Waals surface area contributed by atoms with Crippen molar-refractivity contribution in [2.45, 2.75) is 39.0 Å². The molecule has 0 N–H and O–H groups in total. The van der Waals surface area contributed by atoms with Gasteiger partial charge in [0.15, 0.2) is 0 Å². The molecule has 1 aromatic carbocycles. The number of piperazine rings is 1. The summed E-state index contributed by atoms with van der Waals surface area (Å²) in [6.45, 7) is 8.55.